The van der Waals surface area contributed by atoms with E-state index in [1.54, 1.807) is 0 Å². The molecule has 2 unspecified atom stereocenters. The molecule has 1 heterocycles. The summed E-state index contributed by atoms with van der Waals surface area (Å²) in [5, 5.41) is 16.0. The molecule has 2 N–H and O–H groups in total. The summed E-state index contributed by atoms with van der Waals surface area (Å²) in [7, 11) is 0. The summed E-state index contributed by atoms with van der Waals surface area (Å²) in [6.45, 7) is 3.31. The molecular weight excluding hydrogens is 290 g/mol. The van der Waals surface area contributed by atoms with E-state index in [0.29, 0.717) is 17.6 Å². The van der Waals surface area contributed by atoms with E-state index in [1.807, 2.05) is 18.2 Å². The van der Waals surface area contributed by atoms with Gasteiger partial charge in [-0.2, -0.15) is 5.26 Å². The Hall–Kier alpha value is -1.05. The van der Waals surface area contributed by atoms with Gasteiger partial charge in [0.05, 0.1) is 11.3 Å². The molecule has 0 saturated carbocycles. The normalized spacial score (nSPS) is 20.4. The Morgan fingerprint density at radius 3 is 3.11 bits per heavy atom. The minimum atomic E-state index is 0.363. The summed E-state index contributed by atoms with van der Waals surface area (Å²) in [5.74, 6) is 0. The van der Waals surface area contributed by atoms with Crippen LogP contribution in [0.25, 0.3) is 0 Å². The third-order valence-corrected chi connectivity index (χ3v) is 3.80. The van der Waals surface area contributed by atoms with Gasteiger partial charge >= 0.3 is 0 Å². The number of rotatable bonds is 4. The molecule has 0 radical (unpaired) electrons. The third kappa shape index (κ3) is 3.47. The Bertz CT molecular complexity index is 447. The largest absolute Gasteiger partial charge is 0.381 e. The molecule has 4 heteroatoms. The van der Waals surface area contributed by atoms with Crippen LogP contribution in [-0.4, -0.2) is 18.6 Å². The number of nitriles is 1. The Balaban J connectivity index is 1.99. The molecule has 1 fully saturated rings. The molecule has 18 heavy (non-hydrogen) atoms. The maximum Gasteiger partial charge on any atom is 0.101 e. The molecule has 1 aliphatic heterocycles. The number of hydrogen-bond donors (Lipinski definition) is 2. The zero-order valence-electron chi connectivity index (χ0n) is 10.5. The van der Waals surface area contributed by atoms with Crippen LogP contribution >= 0.6 is 15.9 Å². The first kappa shape index (κ1) is 13.4. The molecule has 2 rings (SSSR count). The van der Waals surface area contributed by atoms with Gasteiger partial charge in [0.25, 0.3) is 0 Å². The lowest BCUT2D eigenvalue weighted by molar-refractivity contribution is 0.523. The molecule has 3 nitrogen and oxygen atoms in total. The average Bonchev–Trinajstić information content (AvgIpc) is 2.82. The summed E-state index contributed by atoms with van der Waals surface area (Å²) in [6.07, 6.45) is 3.63. The second-order valence-electron chi connectivity index (χ2n) is 4.88. The number of halogens is 1. The van der Waals surface area contributed by atoms with Crippen molar-refractivity contribution in [3.05, 3.63) is 28.2 Å². The first-order valence-electron chi connectivity index (χ1n) is 6.38. The monoisotopic (exact) mass is 307 g/mol. The van der Waals surface area contributed by atoms with Gasteiger partial charge in [0, 0.05) is 16.6 Å². The van der Waals surface area contributed by atoms with Crippen molar-refractivity contribution in [2.45, 2.75) is 38.3 Å². The van der Waals surface area contributed by atoms with Crippen molar-refractivity contribution in [3.8, 4) is 6.07 Å². The summed E-state index contributed by atoms with van der Waals surface area (Å²) >= 11 is 3.44. The van der Waals surface area contributed by atoms with Crippen LogP contribution in [0.3, 0.4) is 0 Å². The fraction of sp³-hybridized carbons (Fsp3) is 0.500. The topological polar surface area (TPSA) is 47.8 Å². The lowest BCUT2D eigenvalue weighted by Gasteiger charge is -2.20. The zero-order chi connectivity index (χ0) is 13.0. The van der Waals surface area contributed by atoms with Crippen LogP contribution < -0.4 is 10.6 Å². The van der Waals surface area contributed by atoms with Crippen LogP contribution in [0.5, 0.6) is 0 Å². The molecule has 1 aromatic carbocycles. The van der Waals surface area contributed by atoms with Crippen molar-refractivity contribution in [1.82, 2.24) is 5.32 Å². The van der Waals surface area contributed by atoms with Crippen LogP contribution in [-0.2, 0) is 0 Å². The molecule has 0 bridgehead atoms. The number of benzene rings is 1. The van der Waals surface area contributed by atoms with Crippen LogP contribution in [0.1, 0.15) is 31.7 Å². The predicted octanol–water partition coefficient (Wildman–Crippen LogP) is 3.26. The van der Waals surface area contributed by atoms with Crippen LogP contribution in [0, 0.1) is 11.3 Å². The lowest BCUT2D eigenvalue weighted by atomic mass is 10.1. The van der Waals surface area contributed by atoms with E-state index in [4.69, 9.17) is 5.26 Å². The predicted molar refractivity (Wildman–Crippen MR) is 77.6 cm³/mol. The van der Waals surface area contributed by atoms with Crippen molar-refractivity contribution in [2.75, 3.05) is 11.9 Å². The van der Waals surface area contributed by atoms with Crippen LogP contribution in [0.4, 0.5) is 5.69 Å². The van der Waals surface area contributed by atoms with Gasteiger partial charge in [0.1, 0.15) is 6.07 Å². The highest BCUT2D eigenvalue weighted by molar-refractivity contribution is 9.10. The van der Waals surface area contributed by atoms with Gasteiger partial charge in [-0.15, -0.1) is 0 Å². The minimum Gasteiger partial charge on any atom is -0.381 e. The van der Waals surface area contributed by atoms with E-state index in [2.05, 4.69) is 39.6 Å². The van der Waals surface area contributed by atoms with E-state index in [-0.39, 0.29) is 0 Å². The molecule has 1 saturated heterocycles. The number of anilines is 1. The fourth-order valence-electron chi connectivity index (χ4n) is 2.44. The van der Waals surface area contributed by atoms with Crippen LogP contribution in [0.15, 0.2) is 22.7 Å². The standard InChI is InChI=1S/C14H18BrN3/c1-10(7-13-3-2-6-17-13)18-14-8-12(15)5-4-11(14)9-16/h4-5,8,10,13,17-18H,2-3,6-7H2,1H3. The molecule has 0 spiro atoms. The van der Waals surface area contributed by atoms with E-state index in [9.17, 15) is 0 Å². The maximum atomic E-state index is 9.09. The molecule has 0 aliphatic carbocycles. The smallest absolute Gasteiger partial charge is 0.101 e. The van der Waals surface area contributed by atoms with Crippen molar-refractivity contribution in [1.29, 1.82) is 5.26 Å². The molecular formula is C14H18BrN3. The van der Waals surface area contributed by atoms with Gasteiger partial charge in [0.15, 0.2) is 0 Å². The van der Waals surface area contributed by atoms with Gasteiger partial charge < -0.3 is 10.6 Å². The Morgan fingerprint density at radius 1 is 1.61 bits per heavy atom. The summed E-state index contributed by atoms with van der Waals surface area (Å²) < 4.78 is 0.996. The van der Waals surface area contributed by atoms with Gasteiger partial charge in [-0.1, -0.05) is 15.9 Å². The second-order valence-corrected chi connectivity index (χ2v) is 5.79. The van der Waals surface area contributed by atoms with Gasteiger partial charge in [-0.3, -0.25) is 0 Å². The second kappa shape index (κ2) is 6.21. The quantitative estimate of drug-likeness (QED) is 0.897. The highest BCUT2D eigenvalue weighted by atomic mass is 79.9. The Kier molecular flexibility index (Phi) is 4.62. The van der Waals surface area contributed by atoms with Gasteiger partial charge in [-0.05, 0) is 50.9 Å². The molecule has 2 atom stereocenters. The molecule has 1 aliphatic rings. The fourth-order valence-corrected chi connectivity index (χ4v) is 2.80. The van der Waals surface area contributed by atoms with E-state index in [1.165, 1.54) is 12.8 Å². The number of nitrogens with zero attached hydrogens (tertiary/aromatic N) is 1. The molecule has 96 valence electrons. The Labute approximate surface area is 117 Å². The first-order chi connectivity index (χ1) is 8.69. The minimum absolute atomic E-state index is 0.363. The highest BCUT2D eigenvalue weighted by Crippen LogP contribution is 2.22. The third-order valence-electron chi connectivity index (χ3n) is 3.30. The molecule has 1 aromatic rings. The lowest BCUT2D eigenvalue weighted by Crippen LogP contribution is -2.29. The van der Waals surface area contributed by atoms with Crippen molar-refractivity contribution in [3.63, 3.8) is 0 Å². The van der Waals surface area contributed by atoms with Crippen LogP contribution in [0.2, 0.25) is 0 Å². The zero-order valence-corrected chi connectivity index (χ0v) is 12.1. The maximum absolute atomic E-state index is 9.09. The van der Waals surface area contributed by atoms with E-state index < -0.39 is 0 Å². The summed E-state index contributed by atoms with van der Waals surface area (Å²) in [5.41, 5.74) is 1.61. The molecule has 0 aromatic heterocycles. The van der Waals surface area contributed by atoms with Crippen molar-refractivity contribution < 1.29 is 0 Å². The summed E-state index contributed by atoms with van der Waals surface area (Å²) in [4.78, 5) is 0. The number of hydrogen-bond acceptors (Lipinski definition) is 3. The summed E-state index contributed by atoms with van der Waals surface area (Å²) in [6, 6.07) is 8.91. The van der Waals surface area contributed by atoms with Crippen molar-refractivity contribution in [2.24, 2.45) is 0 Å². The first-order valence-corrected chi connectivity index (χ1v) is 7.18. The SMILES string of the molecule is CC(CC1CCCN1)Nc1cc(Br)ccc1C#N. The van der Waals surface area contributed by atoms with Gasteiger partial charge in [-0.25, -0.2) is 0 Å². The van der Waals surface area contributed by atoms with Crippen molar-refractivity contribution >= 4 is 21.6 Å². The average molecular weight is 308 g/mol. The Morgan fingerprint density at radius 2 is 2.44 bits per heavy atom. The highest BCUT2D eigenvalue weighted by Gasteiger charge is 2.17. The van der Waals surface area contributed by atoms with E-state index in [0.717, 1.165) is 23.1 Å². The number of nitrogens with one attached hydrogen (secondary N) is 2. The van der Waals surface area contributed by atoms with Gasteiger partial charge in [0.2, 0.25) is 0 Å². The molecule has 0 amide bonds. The van der Waals surface area contributed by atoms with E-state index >= 15 is 0 Å².